The Balaban J connectivity index is 1.19. The lowest BCUT2D eigenvalue weighted by Crippen LogP contribution is -2.75. The molecule has 0 N–H and O–H groups in total. The van der Waals surface area contributed by atoms with Crippen LogP contribution in [0.15, 0.2) is 237 Å². The van der Waals surface area contributed by atoms with E-state index in [2.05, 4.69) is 355 Å². The molecule has 0 unspecified atom stereocenters. The van der Waals surface area contributed by atoms with E-state index in [0.29, 0.717) is 0 Å². The summed E-state index contributed by atoms with van der Waals surface area (Å²) in [5.74, 6) is 0. The highest BCUT2D eigenvalue weighted by molar-refractivity contribution is 7.27. The van der Waals surface area contributed by atoms with E-state index in [9.17, 15) is 0 Å². The molecule has 0 atom stereocenters. The fourth-order valence-electron chi connectivity index (χ4n) is 13.8. The summed E-state index contributed by atoms with van der Waals surface area (Å²) in [6.45, 7) is 34.7. The minimum absolute atomic E-state index is 0.00341. The summed E-state index contributed by atoms with van der Waals surface area (Å²) in [7, 11) is -3.19. The number of rotatable bonds is 9. The summed E-state index contributed by atoms with van der Waals surface area (Å²) >= 11 is 1.95. The molecule has 440 valence electrons. The second-order valence-electron chi connectivity index (χ2n) is 29.9. The zero-order valence-electron chi connectivity index (χ0n) is 54.3. The largest absolute Gasteiger partial charge is 0.311 e. The van der Waals surface area contributed by atoms with Crippen molar-refractivity contribution >= 4 is 124 Å². The van der Waals surface area contributed by atoms with Gasteiger partial charge in [-0.05, 0) is 176 Å². The number of anilines is 9. The maximum absolute atomic E-state index is 3.19. The SMILES string of the molecule is CC(C)(C)c1ccc(N(c2ccc(C(C)(C)C)cc2)c2ccc3c(c2)N(c2ccc(C(C)(C)C)cc2)c2cc([Si](c4ccccc4)(c4ccccc4)c4ccccc4)cc4c2B3c2c(sc3ccc(C(C)(C)C)cc23)N4c2ccc(C(C)(C)C)cc2)cc1. The van der Waals surface area contributed by atoms with Gasteiger partial charge in [-0.2, -0.15) is 0 Å². The van der Waals surface area contributed by atoms with Crippen LogP contribution in [0.2, 0.25) is 0 Å². The first-order chi connectivity index (χ1) is 41.8. The van der Waals surface area contributed by atoms with Gasteiger partial charge in [-0.15, -0.1) is 11.3 Å². The van der Waals surface area contributed by atoms with Crippen LogP contribution in [0.4, 0.5) is 50.5 Å². The van der Waals surface area contributed by atoms with Gasteiger partial charge >= 0.3 is 0 Å². The van der Waals surface area contributed by atoms with Crippen LogP contribution in [0.3, 0.4) is 0 Å². The van der Waals surface area contributed by atoms with E-state index in [-0.39, 0.29) is 33.8 Å². The Labute approximate surface area is 530 Å². The predicted molar refractivity (Wildman–Crippen MR) is 388 cm³/mol. The highest BCUT2D eigenvalue weighted by Gasteiger charge is 2.49. The monoisotopic (exact) mass is 1180 g/mol. The van der Waals surface area contributed by atoms with Gasteiger partial charge in [0.25, 0.3) is 6.71 Å². The summed E-state index contributed by atoms with van der Waals surface area (Å²) in [5.41, 5.74) is 19.7. The van der Waals surface area contributed by atoms with Gasteiger partial charge in [-0.1, -0.05) is 262 Å². The van der Waals surface area contributed by atoms with Crippen LogP contribution in [-0.4, -0.2) is 14.8 Å². The lowest BCUT2D eigenvalue weighted by Gasteiger charge is -2.45. The minimum atomic E-state index is -3.19. The van der Waals surface area contributed by atoms with E-state index in [1.54, 1.807) is 0 Å². The first kappa shape index (κ1) is 58.8. The average molecular weight is 1180 g/mol. The standard InChI is InChI=1S/C82H84BN3SSi/c1-78(2,3)55-31-40-60(41-32-55)84(61-42-33-56(34-43-61)79(4,5)6)64-48-49-70-71(52-64)85(62-44-35-57(36-45-62)80(7,8)9)72-53-68(88(65-25-19-16-20-26-65,66-27-21-17-22-28-66)67-29-23-18-24-30-67)54-73-76(72)83(70)75-69-51-59(82(13,14)15)39-50-74(69)87-77(75)86(73)63-46-37-58(38-47-63)81(10,11)12/h16-54H,1-15H3. The number of fused-ring (bicyclic) bond motifs is 6. The van der Waals surface area contributed by atoms with Gasteiger partial charge in [0.1, 0.15) is 0 Å². The highest BCUT2D eigenvalue weighted by Crippen LogP contribution is 2.50. The van der Waals surface area contributed by atoms with E-state index < -0.39 is 8.07 Å². The van der Waals surface area contributed by atoms with Crippen LogP contribution in [0.1, 0.15) is 132 Å². The molecule has 0 radical (unpaired) electrons. The molecule has 88 heavy (non-hydrogen) atoms. The van der Waals surface area contributed by atoms with Crippen LogP contribution < -0.4 is 51.8 Å². The van der Waals surface area contributed by atoms with Gasteiger partial charge in [-0.25, -0.2) is 0 Å². The lowest BCUT2D eigenvalue weighted by molar-refractivity contribution is 0.590. The molecule has 3 nitrogen and oxygen atoms in total. The third-order valence-corrected chi connectivity index (χ3v) is 24.7. The fourth-order valence-corrected chi connectivity index (χ4v) is 19.9. The molecule has 1 aromatic heterocycles. The molecule has 11 aromatic rings. The zero-order valence-corrected chi connectivity index (χ0v) is 56.2. The maximum atomic E-state index is 2.67. The molecular formula is C82H84BN3SSi. The van der Waals surface area contributed by atoms with Crippen molar-refractivity contribution in [3.05, 3.63) is 264 Å². The molecule has 6 heteroatoms. The fraction of sp³-hybridized carbons (Fsp3) is 0.244. The van der Waals surface area contributed by atoms with Crippen molar-refractivity contribution in [1.82, 2.24) is 0 Å². The van der Waals surface area contributed by atoms with Crippen LogP contribution in [0.5, 0.6) is 0 Å². The molecule has 10 aromatic carbocycles. The van der Waals surface area contributed by atoms with Crippen molar-refractivity contribution in [2.24, 2.45) is 0 Å². The quantitative estimate of drug-likeness (QED) is 0.105. The van der Waals surface area contributed by atoms with E-state index in [4.69, 9.17) is 0 Å². The predicted octanol–water partition coefficient (Wildman–Crippen LogP) is 18.3. The van der Waals surface area contributed by atoms with Crippen molar-refractivity contribution in [1.29, 1.82) is 0 Å². The Bertz CT molecular complexity index is 4210. The van der Waals surface area contributed by atoms with E-state index in [1.165, 1.54) is 97.1 Å². The summed E-state index contributed by atoms with van der Waals surface area (Å²) in [4.78, 5) is 7.82. The molecule has 0 saturated carbocycles. The van der Waals surface area contributed by atoms with Crippen molar-refractivity contribution in [2.45, 2.75) is 131 Å². The molecule has 0 saturated heterocycles. The topological polar surface area (TPSA) is 9.72 Å². The van der Waals surface area contributed by atoms with E-state index in [1.807, 2.05) is 11.3 Å². The normalized spacial score (nSPS) is 13.6. The molecule has 0 amide bonds. The van der Waals surface area contributed by atoms with Crippen LogP contribution in [0.25, 0.3) is 10.1 Å². The van der Waals surface area contributed by atoms with Crippen molar-refractivity contribution in [3.63, 3.8) is 0 Å². The van der Waals surface area contributed by atoms with Gasteiger partial charge in [0.05, 0.1) is 5.00 Å². The Morgan fingerprint density at radius 2 is 0.705 bits per heavy atom. The third-order valence-electron chi connectivity index (χ3n) is 18.8. The Morgan fingerprint density at radius 3 is 1.12 bits per heavy atom. The Morgan fingerprint density at radius 1 is 0.330 bits per heavy atom. The van der Waals surface area contributed by atoms with Gasteiger partial charge in [0, 0.05) is 50.2 Å². The smallest absolute Gasteiger partial charge is 0.254 e. The molecular weight excluding hydrogens is 1100 g/mol. The molecule has 2 aliphatic rings. The molecule has 13 rings (SSSR count). The molecule has 3 heterocycles. The van der Waals surface area contributed by atoms with Gasteiger partial charge in [0.15, 0.2) is 8.07 Å². The second kappa shape index (κ2) is 21.6. The molecule has 0 aliphatic carbocycles. The number of nitrogens with zero attached hydrogens (tertiary/aromatic N) is 3. The Hall–Kier alpha value is -8.16. The number of hydrogen-bond donors (Lipinski definition) is 0. The van der Waals surface area contributed by atoms with Gasteiger partial charge < -0.3 is 14.7 Å². The molecule has 0 bridgehead atoms. The van der Waals surface area contributed by atoms with Crippen molar-refractivity contribution in [2.75, 3.05) is 14.7 Å². The second-order valence-corrected chi connectivity index (χ2v) is 34.8. The average Bonchev–Trinajstić information content (AvgIpc) is 1.31. The maximum Gasteiger partial charge on any atom is 0.254 e. The number of thiophene rings is 1. The Kier molecular flexibility index (Phi) is 14.4. The van der Waals surface area contributed by atoms with Gasteiger partial charge in [-0.3, -0.25) is 0 Å². The number of benzene rings is 10. The minimum Gasteiger partial charge on any atom is -0.311 e. The highest BCUT2D eigenvalue weighted by atomic mass is 32.1. The number of hydrogen-bond acceptors (Lipinski definition) is 4. The van der Waals surface area contributed by atoms with Crippen LogP contribution >= 0.6 is 11.3 Å². The van der Waals surface area contributed by atoms with Crippen molar-refractivity contribution in [3.8, 4) is 0 Å². The summed E-state index contributed by atoms with van der Waals surface area (Å²) in [6.07, 6.45) is 0. The third kappa shape index (κ3) is 10.2. The first-order valence-corrected chi connectivity index (χ1v) is 34.5. The zero-order chi connectivity index (χ0) is 61.9. The lowest BCUT2D eigenvalue weighted by atomic mass is 9.33. The molecule has 0 spiro atoms. The molecule has 0 fully saturated rings. The van der Waals surface area contributed by atoms with Crippen LogP contribution in [0, 0.1) is 0 Å². The van der Waals surface area contributed by atoms with Gasteiger partial charge in [0.2, 0.25) is 0 Å². The first-order valence-electron chi connectivity index (χ1n) is 31.7. The van der Waals surface area contributed by atoms with Crippen molar-refractivity contribution < 1.29 is 0 Å². The van der Waals surface area contributed by atoms with E-state index in [0.717, 1.165) is 28.4 Å². The summed E-state index contributed by atoms with van der Waals surface area (Å²) in [6, 6.07) is 92.3. The van der Waals surface area contributed by atoms with E-state index >= 15 is 0 Å². The summed E-state index contributed by atoms with van der Waals surface area (Å²) < 4.78 is 1.30. The summed E-state index contributed by atoms with van der Waals surface area (Å²) in [5, 5.41) is 7.96. The molecule has 2 aliphatic heterocycles. The van der Waals surface area contributed by atoms with Crippen LogP contribution in [-0.2, 0) is 27.1 Å².